The number of carbonyl (C=O) groups is 1. The van der Waals surface area contributed by atoms with Crippen LogP contribution in [0, 0.1) is 0 Å². The van der Waals surface area contributed by atoms with Crippen molar-refractivity contribution in [2.75, 3.05) is 32.1 Å². The number of nitrogens with one attached hydrogen (secondary N) is 1. The molecule has 0 aromatic heterocycles. The molecule has 1 unspecified atom stereocenters. The second-order valence-electron chi connectivity index (χ2n) is 4.03. The first-order valence-corrected chi connectivity index (χ1v) is 7.10. The van der Waals surface area contributed by atoms with E-state index in [1.807, 2.05) is 0 Å². The van der Waals surface area contributed by atoms with Gasteiger partial charge in [0.25, 0.3) is 0 Å². The highest BCUT2D eigenvalue weighted by Gasteiger charge is 2.23. The monoisotopic (exact) mass is 234 g/mol. The number of carbonyl (C=O) groups excluding carboxylic acids is 1. The quantitative estimate of drug-likeness (QED) is 0.694. The Kier molecular flexibility index (Phi) is 4.10. The molecule has 0 aromatic carbocycles. The highest BCUT2D eigenvalue weighted by Crippen LogP contribution is 2.07. The fourth-order valence-corrected chi connectivity index (χ4v) is 2.17. The number of nitrogens with zero attached hydrogens (tertiary/aromatic N) is 1. The summed E-state index contributed by atoms with van der Waals surface area (Å²) in [5.74, 6) is -0.148. The Bertz CT molecular complexity index is 320. The molecule has 88 valence electrons. The summed E-state index contributed by atoms with van der Waals surface area (Å²) >= 11 is 0. The van der Waals surface area contributed by atoms with Crippen LogP contribution in [0.25, 0.3) is 0 Å². The molecule has 5 nitrogen and oxygen atoms in total. The van der Waals surface area contributed by atoms with Crippen LogP contribution in [0.2, 0.25) is 0 Å². The van der Waals surface area contributed by atoms with Gasteiger partial charge in [-0.25, -0.2) is 8.42 Å². The molecule has 0 aromatic rings. The Morgan fingerprint density at radius 1 is 1.53 bits per heavy atom. The predicted octanol–water partition coefficient (Wildman–Crippen LogP) is -0.759. The molecule has 0 saturated carbocycles. The van der Waals surface area contributed by atoms with Crippen LogP contribution in [0.15, 0.2) is 0 Å². The molecule has 15 heavy (non-hydrogen) atoms. The standard InChI is InChI=1S/C9H18N2O3S/c1-11(8-3-5-10-7-8)9(12)4-6-15(2,13)14/h8,10H,3-7H2,1-2H3. The third-order valence-corrected chi connectivity index (χ3v) is 3.61. The van der Waals surface area contributed by atoms with Crippen LogP contribution in [0.4, 0.5) is 0 Å². The molecule has 1 heterocycles. The van der Waals surface area contributed by atoms with Gasteiger partial charge in [0.15, 0.2) is 0 Å². The number of rotatable bonds is 4. The van der Waals surface area contributed by atoms with Crippen molar-refractivity contribution in [2.45, 2.75) is 18.9 Å². The molecule has 0 radical (unpaired) electrons. The first-order valence-electron chi connectivity index (χ1n) is 5.04. The summed E-state index contributed by atoms with van der Waals surface area (Å²) in [6, 6.07) is 0.220. The van der Waals surface area contributed by atoms with Gasteiger partial charge in [-0.2, -0.15) is 0 Å². The maximum absolute atomic E-state index is 11.6. The first-order chi connectivity index (χ1) is 6.90. The van der Waals surface area contributed by atoms with Crippen molar-refractivity contribution in [3.05, 3.63) is 0 Å². The number of amides is 1. The highest BCUT2D eigenvalue weighted by atomic mass is 32.2. The van der Waals surface area contributed by atoms with Crippen LogP contribution in [-0.4, -0.2) is 57.4 Å². The Hall–Kier alpha value is -0.620. The van der Waals surface area contributed by atoms with E-state index in [-0.39, 0.29) is 24.1 Å². The van der Waals surface area contributed by atoms with Gasteiger partial charge < -0.3 is 10.2 Å². The summed E-state index contributed by atoms with van der Waals surface area (Å²) < 4.78 is 21.8. The van der Waals surface area contributed by atoms with E-state index in [1.165, 1.54) is 0 Å². The maximum Gasteiger partial charge on any atom is 0.223 e. The molecule has 1 rings (SSSR count). The average Bonchev–Trinajstić information content (AvgIpc) is 2.64. The third-order valence-electron chi connectivity index (χ3n) is 2.66. The number of hydrogen-bond donors (Lipinski definition) is 1. The topological polar surface area (TPSA) is 66.5 Å². The zero-order chi connectivity index (χ0) is 11.5. The second kappa shape index (κ2) is 4.94. The smallest absolute Gasteiger partial charge is 0.223 e. The minimum Gasteiger partial charge on any atom is -0.341 e. The Morgan fingerprint density at radius 3 is 2.67 bits per heavy atom. The fourth-order valence-electron chi connectivity index (χ4n) is 1.62. The van der Waals surface area contributed by atoms with Crippen molar-refractivity contribution >= 4 is 15.7 Å². The molecule has 6 heteroatoms. The molecule has 0 spiro atoms. The zero-order valence-corrected chi connectivity index (χ0v) is 10.0. The third kappa shape index (κ3) is 4.17. The molecule has 1 fully saturated rings. The van der Waals surface area contributed by atoms with Crippen molar-refractivity contribution < 1.29 is 13.2 Å². The Morgan fingerprint density at radius 2 is 2.20 bits per heavy atom. The van der Waals surface area contributed by atoms with Gasteiger partial charge >= 0.3 is 0 Å². The van der Waals surface area contributed by atoms with Crippen LogP contribution >= 0.6 is 0 Å². The highest BCUT2D eigenvalue weighted by molar-refractivity contribution is 7.90. The molecule has 0 aliphatic carbocycles. The van der Waals surface area contributed by atoms with Crippen molar-refractivity contribution in [3.8, 4) is 0 Å². The summed E-state index contributed by atoms with van der Waals surface area (Å²) in [4.78, 5) is 13.3. The second-order valence-corrected chi connectivity index (χ2v) is 6.29. The van der Waals surface area contributed by atoms with Crippen LogP contribution in [0.5, 0.6) is 0 Å². The van der Waals surface area contributed by atoms with Crippen LogP contribution in [0.1, 0.15) is 12.8 Å². The minimum atomic E-state index is -3.04. The van der Waals surface area contributed by atoms with Crippen molar-refractivity contribution in [1.82, 2.24) is 10.2 Å². The van der Waals surface area contributed by atoms with E-state index < -0.39 is 9.84 Å². The predicted molar refractivity (Wildman–Crippen MR) is 58.4 cm³/mol. The van der Waals surface area contributed by atoms with E-state index in [1.54, 1.807) is 11.9 Å². The molecule has 1 aliphatic rings. The van der Waals surface area contributed by atoms with E-state index in [9.17, 15) is 13.2 Å². The largest absolute Gasteiger partial charge is 0.341 e. The van der Waals surface area contributed by atoms with Crippen molar-refractivity contribution in [1.29, 1.82) is 0 Å². The molecule has 1 saturated heterocycles. The lowest BCUT2D eigenvalue weighted by Gasteiger charge is -2.23. The first kappa shape index (κ1) is 12.4. The molecular weight excluding hydrogens is 216 g/mol. The molecular formula is C9H18N2O3S. The van der Waals surface area contributed by atoms with Gasteiger partial charge in [0.1, 0.15) is 9.84 Å². The SMILES string of the molecule is CN(C(=O)CCS(C)(=O)=O)C1CCNC1. The molecule has 1 aliphatic heterocycles. The zero-order valence-electron chi connectivity index (χ0n) is 9.19. The average molecular weight is 234 g/mol. The van der Waals surface area contributed by atoms with Crippen molar-refractivity contribution in [2.24, 2.45) is 0 Å². The van der Waals surface area contributed by atoms with Gasteiger partial charge in [0.05, 0.1) is 5.75 Å². The number of likely N-dealkylation sites (N-methyl/N-ethyl adjacent to an activating group) is 1. The molecule has 1 N–H and O–H groups in total. The summed E-state index contributed by atoms with van der Waals surface area (Å²) in [7, 11) is -1.30. The van der Waals surface area contributed by atoms with E-state index in [0.29, 0.717) is 0 Å². The number of hydrogen-bond acceptors (Lipinski definition) is 4. The van der Waals surface area contributed by atoms with Crippen LogP contribution in [-0.2, 0) is 14.6 Å². The minimum absolute atomic E-state index is 0.0592. The molecule has 1 atom stereocenters. The normalized spacial score (nSPS) is 21.6. The summed E-state index contributed by atoms with van der Waals surface area (Å²) in [5, 5.41) is 3.17. The van der Waals surface area contributed by atoms with Gasteiger partial charge in [-0.15, -0.1) is 0 Å². The lowest BCUT2D eigenvalue weighted by Crippen LogP contribution is -2.38. The van der Waals surface area contributed by atoms with Gasteiger partial charge in [0.2, 0.25) is 5.91 Å². The van der Waals surface area contributed by atoms with Gasteiger partial charge in [-0.1, -0.05) is 0 Å². The van der Waals surface area contributed by atoms with E-state index >= 15 is 0 Å². The fraction of sp³-hybridized carbons (Fsp3) is 0.889. The van der Waals surface area contributed by atoms with Gasteiger partial charge in [-0.05, 0) is 13.0 Å². The maximum atomic E-state index is 11.6. The molecule has 0 bridgehead atoms. The number of sulfone groups is 1. The van der Waals surface area contributed by atoms with Crippen LogP contribution < -0.4 is 5.32 Å². The van der Waals surface area contributed by atoms with Crippen molar-refractivity contribution in [3.63, 3.8) is 0 Å². The summed E-state index contributed by atoms with van der Waals surface area (Å²) in [6.45, 7) is 1.73. The van der Waals surface area contributed by atoms with E-state index in [4.69, 9.17) is 0 Å². The van der Waals surface area contributed by atoms with E-state index in [2.05, 4.69) is 5.32 Å². The Labute approximate surface area is 90.7 Å². The van der Waals surface area contributed by atoms with Gasteiger partial charge in [-0.3, -0.25) is 4.79 Å². The molecule has 1 amide bonds. The van der Waals surface area contributed by atoms with Gasteiger partial charge in [0, 0.05) is 32.3 Å². The Balaban J connectivity index is 2.39. The summed E-state index contributed by atoms with van der Waals surface area (Å²) in [5.41, 5.74) is 0. The lowest BCUT2D eigenvalue weighted by molar-refractivity contribution is -0.131. The lowest BCUT2D eigenvalue weighted by atomic mass is 10.2. The van der Waals surface area contributed by atoms with E-state index in [0.717, 1.165) is 25.8 Å². The summed E-state index contributed by atoms with van der Waals surface area (Å²) in [6.07, 6.45) is 2.18. The van der Waals surface area contributed by atoms with Crippen LogP contribution in [0.3, 0.4) is 0 Å².